The molecule has 0 amide bonds. The van der Waals surface area contributed by atoms with Crippen LogP contribution in [0.1, 0.15) is 45.9 Å². The van der Waals surface area contributed by atoms with E-state index in [2.05, 4.69) is 4.98 Å². The van der Waals surface area contributed by atoms with E-state index in [0.29, 0.717) is 29.3 Å². The number of nitrogens with zero attached hydrogens (tertiary/aromatic N) is 2. The van der Waals surface area contributed by atoms with E-state index < -0.39 is 10.0 Å². The summed E-state index contributed by atoms with van der Waals surface area (Å²) in [6.07, 6.45) is 4.18. The molecule has 0 radical (unpaired) electrons. The standard InChI is InChI=1S/C25H23Cl2N3O3S/c26-20-5-2-6-21(27)25(20)24(31)10-15-9-23-22(29-13-15)12-18(28)14-30(23)34(32,33)19-4-1-3-17(11-19)16-7-8-16/h1-6,9,11,13,16,18H,7-8,10,12,14,28H2. The Hall–Kier alpha value is -2.45. The zero-order chi connectivity index (χ0) is 24.0. The van der Waals surface area contributed by atoms with E-state index in [1.165, 1.54) is 4.31 Å². The van der Waals surface area contributed by atoms with E-state index in [-0.39, 0.29) is 45.3 Å². The number of benzene rings is 2. The lowest BCUT2D eigenvalue weighted by Gasteiger charge is -2.33. The van der Waals surface area contributed by atoms with E-state index in [0.717, 1.165) is 18.4 Å². The van der Waals surface area contributed by atoms with Crippen molar-refractivity contribution in [2.45, 2.75) is 42.5 Å². The lowest BCUT2D eigenvalue weighted by Crippen LogP contribution is -2.46. The van der Waals surface area contributed by atoms with Crippen LogP contribution >= 0.6 is 23.2 Å². The van der Waals surface area contributed by atoms with Gasteiger partial charge in [0.1, 0.15) is 0 Å². The van der Waals surface area contributed by atoms with Crippen LogP contribution in [0, 0.1) is 0 Å². The number of anilines is 1. The van der Waals surface area contributed by atoms with Gasteiger partial charge in [0.2, 0.25) is 0 Å². The number of hydrogen-bond acceptors (Lipinski definition) is 5. The summed E-state index contributed by atoms with van der Waals surface area (Å²) in [5.74, 6) is 0.165. The fourth-order valence-electron chi connectivity index (χ4n) is 4.36. The van der Waals surface area contributed by atoms with Gasteiger partial charge in [0.25, 0.3) is 10.0 Å². The number of hydrogen-bond donors (Lipinski definition) is 1. The first kappa shape index (κ1) is 23.3. The van der Waals surface area contributed by atoms with Gasteiger partial charge in [-0.1, -0.05) is 41.4 Å². The topological polar surface area (TPSA) is 93.4 Å². The Labute approximate surface area is 208 Å². The molecule has 2 N–H and O–H groups in total. The summed E-state index contributed by atoms with van der Waals surface area (Å²) in [4.78, 5) is 17.6. The lowest BCUT2D eigenvalue weighted by molar-refractivity contribution is 0.0993. The number of ketones is 1. The van der Waals surface area contributed by atoms with Gasteiger partial charge in [-0.3, -0.25) is 14.1 Å². The highest BCUT2D eigenvalue weighted by Crippen LogP contribution is 2.41. The first-order chi connectivity index (χ1) is 16.2. The molecule has 34 heavy (non-hydrogen) atoms. The molecule has 6 nitrogen and oxygen atoms in total. The Morgan fingerprint density at radius 3 is 2.50 bits per heavy atom. The molecule has 0 bridgehead atoms. The van der Waals surface area contributed by atoms with Crippen LogP contribution in [-0.4, -0.2) is 31.8 Å². The summed E-state index contributed by atoms with van der Waals surface area (Å²) in [5.41, 5.74) is 9.10. The predicted octanol–water partition coefficient (Wildman–Crippen LogP) is 4.77. The summed E-state index contributed by atoms with van der Waals surface area (Å²) in [5, 5.41) is 0.545. The molecule has 3 aromatic rings. The fourth-order valence-corrected chi connectivity index (χ4v) is 6.56. The number of fused-ring (bicyclic) bond motifs is 1. The van der Waals surface area contributed by atoms with Gasteiger partial charge in [-0.05, 0) is 60.2 Å². The van der Waals surface area contributed by atoms with Crippen molar-refractivity contribution in [1.29, 1.82) is 0 Å². The van der Waals surface area contributed by atoms with E-state index >= 15 is 0 Å². The Balaban J connectivity index is 1.50. The quantitative estimate of drug-likeness (QED) is 0.477. The zero-order valence-corrected chi connectivity index (χ0v) is 20.6. The predicted molar refractivity (Wildman–Crippen MR) is 133 cm³/mol. The second-order valence-electron chi connectivity index (χ2n) is 8.85. The number of carbonyl (C=O) groups excluding carboxylic acids is 1. The minimum atomic E-state index is -3.86. The largest absolute Gasteiger partial charge is 0.326 e. The minimum Gasteiger partial charge on any atom is -0.326 e. The monoisotopic (exact) mass is 515 g/mol. The molecule has 1 aliphatic carbocycles. The molecule has 0 saturated heterocycles. The third-order valence-corrected chi connectivity index (χ3v) is 8.64. The maximum absolute atomic E-state index is 13.7. The number of pyridine rings is 1. The summed E-state index contributed by atoms with van der Waals surface area (Å²) < 4.78 is 28.7. The number of nitrogens with two attached hydrogens (primary N) is 1. The van der Waals surface area contributed by atoms with E-state index in [9.17, 15) is 13.2 Å². The molecule has 1 aromatic heterocycles. The number of aromatic nitrogens is 1. The Morgan fingerprint density at radius 1 is 1.09 bits per heavy atom. The van der Waals surface area contributed by atoms with Crippen LogP contribution in [0.4, 0.5) is 5.69 Å². The molecular formula is C25H23Cl2N3O3S. The van der Waals surface area contributed by atoms with Gasteiger partial charge in [0.15, 0.2) is 5.78 Å². The average molecular weight is 516 g/mol. The van der Waals surface area contributed by atoms with Crippen LogP contribution in [-0.2, 0) is 22.9 Å². The number of Topliss-reactive ketones (excluding diaryl/α,β-unsaturated/α-hetero) is 1. The van der Waals surface area contributed by atoms with Crippen molar-refractivity contribution in [2.24, 2.45) is 5.73 Å². The molecular weight excluding hydrogens is 493 g/mol. The van der Waals surface area contributed by atoms with E-state index in [1.54, 1.807) is 48.7 Å². The number of rotatable bonds is 6. The highest BCUT2D eigenvalue weighted by molar-refractivity contribution is 7.92. The van der Waals surface area contributed by atoms with Gasteiger partial charge in [-0.2, -0.15) is 0 Å². The second kappa shape index (κ2) is 8.96. The maximum atomic E-state index is 13.7. The normalized spacial score (nSPS) is 18.0. The van der Waals surface area contributed by atoms with Gasteiger partial charge < -0.3 is 5.73 Å². The van der Waals surface area contributed by atoms with Gasteiger partial charge in [-0.15, -0.1) is 0 Å². The molecule has 2 aliphatic rings. The molecule has 2 aromatic carbocycles. The molecule has 9 heteroatoms. The molecule has 176 valence electrons. The molecule has 2 heterocycles. The van der Waals surface area contributed by atoms with Crippen LogP contribution in [0.2, 0.25) is 10.0 Å². The molecule has 1 saturated carbocycles. The highest BCUT2D eigenvalue weighted by Gasteiger charge is 2.34. The number of carbonyl (C=O) groups is 1. The smallest absolute Gasteiger partial charge is 0.264 e. The van der Waals surface area contributed by atoms with Crippen LogP contribution < -0.4 is 10.0 Å². The molecule has 5 rings (SSSR count). The molecule has 1 fully saturated rings. The van der Waals surface area contributed by atoms with Crippen molar-refractivity contribution in [3.05, 3.63) is 87.2 Å². The Kier molecular flexibility index (Phi) is 6.14. The number of sulfonamides is 1. The van der Waals surface area contributed by atoms with Crippen molar-refractivity contribution < 1.29 is 13.2 Å². The van der Waals surface area contributed by atoms with E-state index in [1.807, 2.05) is 6.07 Å². The minimum absolute atomic E-state index is 0.0131. The Bertz CT molecular complexity index is 1370. The molecule has 0 spiro atoms. The lowest BCUT2D eigenvalue weighted by atomic mass is 10.0. The van der Waals surface area contributed by atoms with Crippen LogP contribution in [0.15, 0.2) is 59.6 Å². The second-order valence-corrected chi connectivity index (χ2v) is 11.5. The molecule has 1 aliphatic heterocycles. The first-order valence-electron chi connectivity index (χ1n) is 11.1. The summed E-state index contributed by atoms with van der Waals surface area (Å²) in [6, 6.07) is 13.3. The fraction of sp³-hybridized carbons (Fsp3) is 0.280. The van der Waals surface area contributed by atoms with Crippen LogP contribution in [0.3, 0.4) is 0 Å². The van der Waals surface area contributed by atoms with Crippen molar-refractivity contribution in [2.75, 3.05) is 10.8 Å². The number of halogens is 2. The van der Waals surface area contributed by atoms with Gasteiger partial charge in [0.05, 0.1) is 31.9 Å². The van der Waals surface area contributed by atoms with Crippen LogP contribution in [0.25, 0.3) is 0 Å². The van der Waals surface area contributed by atoms with Crippen molar-refractivity contribution in [3.8, 4) is 0 Å². The third kappa shape index (κ3) is 4.45. The van der Waals surface area contributed by atoms with Crippen LogP contribution in [0.5, 0.6) is 0 Å². The molecule has 1 unspecified atom stereocenters. The van der Waals surface area contributed by atoms with Gasteiger partial charge >= 0.3 is 0 Å². The molecule has 1 atom stereocenters. The first-order valence-corrected chi connectivity index (χ1v) is 13.3. The SMILES string of the molecule is NC1Cc2ncc(CC(=O)c3c(Cl)cccc3Cl)cc2N(S(=O)(=O)c2cccc(C3CC3)c2)C1. The van der Waals surface area contributed by atoms with Gasteiger partial charge in [-0.25, -0.2) is 8.42 Å². The third-order valence-electron chi connectivity index (χ3n) is 6.23. The zero-order valence-electron chi connectivity index (χ0n) is 18.2. The summed E-state index contributed by atoms with van der Waals surface area (Å²) in [6.45, 7) is 0.137. The average Bonchev–Trinajstić information content (AvgIpc) is 3.64. The van der Waals surface area contributed by atoms with Crippen molar-refractivity contribution in [3.63, 3.8) is 0 Å². The van der Waals surface area contributed by atoms with Crippen molar-refractivity contribution >= 4 is 44.7 Å². The van der Waals surface area contributed by atoms with Gasteiger partial charge in [0, 0.05) is 31.6 Å². The van der Waals surface area contributed by atoms with E-state index in [4.69, 9.17) is 28.9 Å². The highest BCUT2D eigenvalue weighted by atomic mass is 35.5. The maximum Gasteiger partial charge on any atom is 0.264 e. The summed E-state index contributed by atoms with van der Waals surface area (Å²) >= 11 is 12.4. The summed E-state index contributed by atoms with van der Waals surface area (Å²) in [7, 11) is -3.86. The Morgan fingerprint density at radius 2 is 1.79 bits per heavy atom. The van der Waals surface area contributed by atoms with Crippen molar-refractivity contribution in [1.82, 2.24) is 4.98 Å².